The van der Waals surface area contributed by atoms with Gasteiger partial charge in [-0.05, 0) is 36.8 Å². The van der Waals surface area contributed by atoms with Crippen LogP contribution in [0.25, 0.3) is 0 Å². The van der Waals surface area contributed by atoms with E-state index in [0.717, 1.165) is 5.56 Å². The first-order chi connectivity index (χ1) is 8.90. The molecule has 1 N–H and O–H groups in total. The number of benzene rings is 2. The van der Waals surface area contributed by atoms with Crippen molar-refractivity contribution in [3.63, 3.8) is 0 Å². The van der Waals surface area contributed by atoms with Crippen molar-refractivity contribution in [3.05, 3.63) is 58.1 Å². The highest BCUT2D eigenvalue weighted by atomic mass is 35.5. The summed E-state index contributed by atoms with van der Waals surface area (Å²) < 4.78 is 26.7. The van der Waals surface area contributed by atoms with Crippen molar-refractivity contribution < 1.29 is 8.42 Å². The van der Waals surface area contributed by atoms with Gasteiger partial charge in [0.1, 0.15) is 0 Å². The van der Waals surface area contributed by atoms with Crippen LogP contribution >= 0.6 is 23.2 Å². The molecular weight excluding hydrogens is 305 g/mol. The van der Waals surface area contributed by atoms with Gasteiger partial charge in [0.25, 0.3) is 10.0 Å². The molecule has 0 bridgehead atoms. The van der Waals surface area contributed by atoms with Crippen LogP contribution in [0.1, 0.15) is 5.56 Å². The Morgan fingerprint density at radius 3 is 2.26 bits per heavy atom. The molecule has 2 rings (SSSR count). The minimum atomic E-state index is -3.66. The summed E-state index contributed by atoms with van der Waals surface area (Å²) >= 11 is 12.0. The zero-order valence-electron chi connectivity index (χ0n) is 10.0. The SMILES string of the molecule is Cc1cc(Cl)c(NS(=O)(=O)c2ccccc2)cc1Cl. The molecule has 0 saturated heterocycles. The lowest BCUT2D eigenvalue weighted by Gasteiger charge is -2.11. The van der Waals surface area contributed by atoms with Crippen molar-refractivity contribution in [2.75, 3.05) is 4.72 Å². The zero-order chi connectivity index (χ0) is 14.0. The minimum absolute atomic E-state index is 0.169. The van der Waals surface area contributed by atoms with Gasteiger partial charge in [-0.1, -0.05) is 41.4 Å². The lowest BCUT2D eigenvalue weighted by Crippen LogP contribution is -2.13. The molecule has 0 saturated carbocycles. The number of hydrogen-bond donors (Lipinski definition) is 1. The number of anilines is 1. The average Bonchev–Trinajstić information content (AvgIpc) is 2.37. The first-order valence-electron chi connectivity index (χ1n) is 5.43. The number of halogens is 2. The summed E-state index contributed by atoms with van der Waals surface area (Å²) in [5.74, 6) is 0. The van der Waals surface area contributed by atoms with Crippen molar-refractivity contribution in [2.45, 2.75) is 11.8 Å². The monoisotopic (exact) mass is 315 g/mol. The molecule has 2 aromatic carbocycles. The zero-order valence-corrected chi connectivity index (χ0v) is 12.4. The van der Waals surface area contributed by atoms with Gasteiger partial charge in [-0.25, -0.2) is 8.42 Å². The fourth-order valence-electron chi connectivity index (χ4n) is 1.53. The van der Waals surface area contributed by atoms with Crippen LogP contribution < -0.4 is 4.72 Å². The Labute approximate surface area is 122 Å². The molecule has 0 aromatic heterocycles. The van der Waals surface area contributed by atoms with Gasteiger partial charge in [0, 0.05) is 5.02 Å². The molecule has 0 aliphatic carbocycles. The Balaban J connectivity index is 2.39. The predicted molar refractivity (Wildman–Crippen MR) is 78.4 cm³/mol. The molecule has 0 heterocycles. The summed E-state index contributed by atoms with van der Waals surface area (Å²) in [6.07, 6.45) is 0. The highest BCUT2D eigenvalue weighted by molar-refractivity contribution is 7.92. The van der Waals surface area contributed by atoms with E-state index < -0.39 is 10.0 Å². The third-order valence-corrected chi connectivity index (χ3v) is 4.65. The Hall–Kier alpha value is -1.23. The number of nitrogens with one attached hydrogen (secondary N) is 1. The third kappa shape index (κ3) is 3.21. The van der Waals surface area contributed by atoms with E-state index in [1.54, 1.807) is 31.2 Å². The summed E-state index contributed by atoms with van der Waals surface area (Å²) in [5.41, 5.74) is 1.05. The van der Waals surface area contributed by atoms with Crippen molar-refractivity contribution in [2.24, 2.45) is 0 Å². The second-order valence-corrected chi connectivity index (χ2v) is 6.50. The van der Waals surface area contributed by atoms with E-state index in [1.165, 1.54) is 18.2 Å². The lowest BCUT2D eigenvalue weighted by molar-refractivity contribution is 0.601. The van der Waals surface area contributed by atoms with E-state index in [0.29, 0.717) is 10.0 Å². The number of aryl methyl sites for hydroxylation is 1. The van der Waals surface area contributed by atoms with E-state index in [4.69, 9.17) is 23.2 Å². The fourth-order valence-corrected chi connectivity index (χ4v) is 3.10. The van der Waals surface area contributed by atoms with Gasteiger partial charge in [0.05, 0.1) is 15.6 Å². The van der Waals surface area contributed by atoms with Crippen molar-refractivity contribution in [3.8, 4) is 0 Å². The maximum atomic E-state index is 12.1. The molecule has 0 amide bonds. The fraction of sp³-hybridized carbons (Fsp3) is 0.0769. The molecular formula is C13H11Cl2NO2S. The summed E-state index contributed by atoms with van der Waals surface area (Å²) in [6, 6.07) is 11.2. The summed E-state index contributed by atoms with van der Waals surface area (Å²) in [4.78, 5) is 0.169. The first kappa shape index (κ1) is 14.2. The molecule has 6 heteroatoms. The highest BCUT2D eigenvalue weighted by Crippen LogP contribution is 2.30. The quantitative estimate of drug-likeness (QED) is 0.926. The molecule has 0 radical (unpaired) electrons. The van der Waals surface area contributed by atoms with E-state index >= 15 is 0 Å². The summed E-state index contributed by atoms with van der Waals surface area (Å²) in [5, 5.41) is 0.761. The Morgan fingerprint density at radius 2 is 1.63 bits per heavy atom. The van der Waals surface area contributed by atoms with E-state index in [2.05, 4.69) is 4.72 Å². The second kappa shape index (κ2) is 5.41. The largest absolute Gasteiger partial charge is 0.278 e. The van der Waals surface area contributed by atoms with Gasteiger partial charge in [-0.2, -0.15) is 0 Å². The molecule has 2 aromatic rings. The van der Waals surface area contributed by atoms with Gasteiger partial charge in [0.15, 0.2) is 0 Å². The summed E-state index contributed by atoms with van der Waals surface area (Å²) in [6.45, 7) is 1.80. The van der Waals surface area contributed by atoms with Crippen LogP contribution in [0.15, 0.2) is 47.4 Å². The van der Waals surface area contributed by atoms with E-state index in [-0.39, 0.29) is 10.6 Å². The average molecular weight is 316 g/mol. The topological polar surface area (TPSA) is 46.2 Å². The van der Waals surface area contributed by atoms with Crippen LogP contribution in [0, 0.1) is 6.92 Å². The molecule has 3 nitrogen and oxygen atoms in total. The molecule has 0 aliphatic rings. The molecule has 100 valence electrons. The van der Waals surface area contributed by atoms with Crippen LogP contribution in [0.2, 0.25) is 10.0 Å². The standard InChI is InChI=1S/C13H11Cl2NO2S/c1-9-7-12(15)13(8-11(9)14)16-19(17,18)10-5-3-2-4-6-10/h2-8,16H,1H3. The third-order valence-electron chi connectivity index (χ3n) is 2.55. The smallest absolute Gasteiger partial charge is 0.261 e. The van der Waals surface area contributed by atoms with Crippen molar-refractivity contribution in [1.82, 2.24) is 0 Å². The molecule has 19 heavy (non-hydrogen) atoms. The number of hydrogen-bond acceptors (Lipinski definition) is 2. The maximum absolute atomic E-state index is 12.1. The van der Waals surface area contributed by atoms with Gasteiger partial charge in [0.2, 0.25) is 0 Å². The number of rotatable bonds is 3. The lowest BCUT2D eigenvalue weighted by atomic mass is 10.2. The number of sulfonamides is 1. The van der Waals surface area contributed by atoms with Gasteiger partial charge < -0.3 is 0 Å². The van der Waals surface area contributed by atoms with Crippen LogP contribution in [0.5, 0.6) is 0 Å². The van der Waals surface area contributed by atoms with E-state index in [9.17, 15) is 8.42 Å². The van der Waals surface area contributed by atoms with Crippen LogP contribution in [-0.2, 0) is 10.0 Å². The van der Waals surface area contributed by atoms with Crippen LogP contribution in [0.3, 0.4) is 0 Å². The van der Waals surface area contributed by atoms with Crippen molar-refractivity contribution >= 4 is 38.9 Å². The van der Waals surface area contributed by atoms with E-state index in [1.807, 2.05) is 0 Å². The summed E-state index contributed by atoms with van der Waals surface area (Å²) in [7, 11) is -3.66. The second-order valence-electron chi connectivity index (χ2n) is 4.00. The minimum Gasteiger partial charge on any atom is -0.278 e. The van der Waals surface area contributed by atoms with Crippen LogP contribution in [-0.4, -0.2) is 8.42 Å². The molecule has 0 atom stereocenters. The van der Waals surface area contributed by atoms with Gasteiger partial charge in [-0.15, -0.1) is 0 Å². The first-order valence-corrected chi connectivity index (χ1v) is 7.67. The molecule has 0 aliphatic heterocycles. The Morgan fingerprint density at radius 1 is 1.00 bits per heavy atom. The maximum Gasteiger partial charge on any atom is 0.261 e. The normalized spacial score (nSPS) is 11.3. The van der Waals surface area contributed by atoms with Gasteiger partial charge in [-0.3, -0.25) is 4.72 Å². The Bertz CT molecular complexity index is 700. The molecule has 0 spiro atoms. The predicted octanol–water partition coefficient (Wildman–Crippen LogP) is 4.10. The molecule has 0 unspecified atom stereocenters. The molecule has 0 fully saturated rings. The van der Waals surface area contributed by atoms with Gasteiger partial charge >= 0.3 is 0 Å². The highest BCUT2D eigenvalue weighted by Gasteiger charge is 2.16. The van der Waals surface area contributed by atoms with Crippen molar-refractivity contribution in [1.29, 1.82) is 0 Å². The van der Waals surface area contributed by atoms with Crippen LogP contribution in [0.4, 0.5) is 5.69 Å². The Kier molecular flexibility index (Phi) is 4.04.